The molecule has 9 heteroatoms. The largest absolute Gasteiger partial charge is 0.481 e. The van der Waals surface area contributed by atoms with Crippen LogP contribution in [0.4, 0.5) is 0 Å². The van der Waals surface area contributed by atoms with Gasteiger partial charge in [-0.15, -0.1) is 0 Å². The van der Waals surface area contributed by atoms with Gasteiger partial charge < -0.3 is 30.7 Å². The summed E-state index contributed by atoms with van der Waals surface area (Å²) in [6.45, 7) is -0.184. The van der Waals surface area contributed by atoms with Gasteiger partial charge in [-0.25, -0.2) is 0 Å². The zero-order valence-corrected chi connectivity index (χ0v) is 11.4. The third-order valence-electron chi connectivity index (χ3n) is 2.97. The second kappa shape index (κ2) is 8.55. The molecule has 1 fully saturated rings. The normalized spacial score (nSPS) is 25.1. The van der Waals surface area contributed by atoms with Crippen LogP contribution in [0.25, 0.3) is 0 Å². The van der Waals surface area contributed by atoms with Crippen molar-refractivity contribution in [1.82, 2.24) is 10.6 Å². The van der Waals surface area contributed by atoms with E-state index in [0.29, 0.717) is 6.42 Å². The third kappa shape index (κ3) is 6.52. The Morgan fingerprint density at radius 2 is 1.86 bits per heavy atom. The minimum atomic E-state index is -1.03. The molecule has 9 nitrogen and oxygen atoms in total. The lowest BCUT2D eigenvalue weighted by atomic mass is 10.0. The van der Waals surface area contributed by atoms with Gasteiger partial charge >= 0.3 is 5.97 Å². The molecule has 0 saturated carbocycles. The SMILES string of the molecule is O=C(O)CCCNC(=O)CNC(=O)[C@@H]1C[C@H](O)[C@H](O)CO1. The summed E-state index contributed by atoms with van der Waals surface area (Å²) in [5, 5.41) is 31.9. The number of carbonyl (C=O) groups is 3. The van der Waals surface area contributed by atoms with Gasteiger partial charge in [-0.2, -0.15) is 0 Å². The topological polar surface area (TPSA) is 145 Å². The van der Waals surface area contributed by atoms with E-state index >= 15 is 0 Å². The Hall–Kier alpha value is -1.71. The molecule has 0 aromatic carbocycles. The maximum Gasteiger partial charge on any atom is 0.303 e. The predicted octanol–water partition coefficient (Wildman–Crippen LogP) is -2.41. The number of ether oxygens (including phenoxy) is 1. The molecule has 0 aromatic heterocycles. The molecule has 1 aliphatic rings. The van der Waals surface area contributed by atoms with Gasteiger partial charge in [0.25, 0.3) is 0 Å². The summed E-state index contributed by atoms with van der Waals surface area (Å²) < 4.78 is 5.06. The van der Waals surface area contributed by atoms with Gasteiger partial charge in [-0.3, -0.25) is 14.4 Å². The number of carboxylic acids is 1. The van der Waals surface area contributed by atoms with Crippen molar-refractivity contribution in [1.29, 1.82) is 0 Å². The first-order valence-corrected chi connectivity index (χ1v) is 6.64. The number of aliphatic hydroxyl groups is 2. The molecule has 0 bridgehead atoms. The Bertz CT molecular complexity index is 388. The van der Waals surface area contributed by atoms with Crippen molar-refractivity contribution in [3.05, 3.63) is 0 Å². The molecule has 1 rings (SSSR count). The molecule has 0 radical (unpaired) electrons. The molecular formula is C12H20N2O7. The van der Waals surface area contributed by atoms with E-state index < -0.39 is 36.1 Å². The fraction of sp³-hybridized carbons (Fsp3) is 0.750. The monoisotopic (exact) mass is 304 g/mol. The zero-order valence-electron chi connectivity index (χ0n) is 11.4. The first-order chi connectivity index (χ1) is 9.90. The van der Waals surface area contributed by atoms with Crippen molar-refractivity contribution in [2.75, 3.05) is 19.7 Å². The van der Waals surface area contributed by atoms with Crippen molar-refractivity contribution in [3.63, 3.8) is 0 Å². The van der Waals surface area contributed by atoms with Gasteiger partial charge in [-0.05, 0) is 6.42 Å². The smallest absolute Gasteiger partial charge is 0.303 e. The quantitative estimate of drug-likeness (QED) is 0.329. The van der Waals surface area contributed by atoms with Crippen LogP contribution in [0.3, 0.4) is 0 Å². The average Bonchev–Trinajstić information content (AvgIpc) is 2.43. The highest BCUT2D eigenvalue weighted by Gasteiger charge is 2.32. The molecule has 1 heterocycles. The molecule has 0 aliphatic carbocycles. The standard InChI is InChI=1S/C12H20N2O7/c15-7-4-9(21-6-8(7)16)12(20)14-5-10(17)13-3-1-2-11(18)19/h7-9,15-16H,1-6H2,(H,13,17)(H,14,20)(H,18,19)/t7-,8+,9-/m0/s1. The molecule has 1 saturated heterocycles. The summed E-state index contributed by atoms with van der Waals surface area (Å²) in [5.74, 6) is -1.92. The molecule has 0 unspecified atom stereocenters. The van der Waals surface area contributed by atoms with E-state index in [0.717, 1.165) is 0 Å². The number of aliphatic hydroxyl groups excluding tert-OH is 2. The van der Waals surface area contributed by atoms with E-state index in [4.69, 9.17) is 9.84 Å². The fourth-order valence-corrected chi connectivity index (χ4v) is 1.76. The lowest BCUT2D eigenvalue weighted by Crippen LogP contribution is -2.49. The van der Waals surface area contributed by atoms with Gasteiger partial charge in [0, 0.05) is 19.4 Å². The van der Waals surface area contributed by atoms with Crippen molar-refractivity contribution < 1.29 is 34.4 Å². The first kappa shape index (κ1) is 17.3. The molecule has 3 atom stereocenters. The van der Waals surface area contributed by atoms with Crippen LogP contribution in [0.15, 0.2) is 0 Å². The van der Waals surface area contributed by atoms with Crippen molar-refractivity contribution in [2.45, 2.75) is 37.6 Å². The summed E-state index contributed by atoms with van der Waals surface area (Å²) in [4.78, 5) is 33.3. The lowest BCUT2D eigenvalue weighted by Gasteiger charge is -2.29. The Balaban J connectivity index is 2.17. The van der Waals surface area contributed by atoms with Crippen LogP contribution in [0.5, 0.6) is 0 Å². The molecular weight excluding hydrogens is 284 g/mol. The Morgan fingerprint density at radius 1 is 1.14 bits per heavy atom. The average molecular weight is 304 g/mol. The number of amides is 2. The maximum absolute atomic E-state index is 11.7. The highest BCUT2D eigenvalue weighted by atomic mass is 16.5. The summed E-state index contributed by atoms with van der Waals surface area (Å²) in [7, 11) is 0. The minimum Gasteiger partial charge on any atom is -0.481 e. The molecule has 0 spiro atoms. The lowest BCUT2D eigenvalue weighted by molar-refractivity contribution is -0.154. The molecule has 0 aromatic rings. The highest BCUT2D eigenvalue weighted by molar-refractivity contribution is 5.87. The first-order valence-electron chi connectivity index (χ1n) is 6.64. The van der Waals surface area contributed by atoms with Crippen LogP contribution in [-0.2, 0) is 19.1 Å². The van der Waals surface area contributed by atoms with E-state index in [1.54, 1.807) is 0 Å². The maximum atomic E-state index is 11.7. The number of hydrogen-bond acceptors (Lipinski definition) is 6. The van der Waals surface area contributed by atoms with Gasteiger partial charge in [-0.1, -0.05) is 0 Å². The van der Waals surface area contributed by atoms with Gasteiger partial charge in [0.1, 0.15) is 12.2 Å². The van der Waals surface area contributed by atoms with E-state index in [2.05, 4.69) is 10.6 Å². The second-order valence-corrected chi connectivity index (χ2v) is 4.76. The number of hydrogen-bond donors (Lipinski definition) is 5. The van der Waals surface area contributed by atoms with Gasteiger partial charge in [0.15, 0.2) is 0 Å². The third-order valence-corrected chi connectivity index (χ3v) is 2.97. The Kier molecular flexibility index (Phi) is 7.06. The van der Waals surface area contributed by atoms with Crippen LogP contribution in [0, 0.1) is 0 Å². The van der Waals surface area contributed by atoms with Crippen LogP contribution < -0.4 is 10.6 Å². The van der Waals surface area contributed by atoms with Crippen molar-refractivity contribution in [3.8, 4) is 0 Å². The van der Waals surface area contributed by atoms with E-state index in [9.17, 15) is 24.6 Å². The fourth-order valence-electron chi connectivity index (χ4n) is 1.76. The van der Waals surface area contributed by atoms with Crippen molar-refractivity contribution in [2.24, 2.45) is 0 Å². The molecule has 5 N–H and O–H groups in total. The number of aliphatic carboxylic acids is 1. The second-order valence-electron chi connectivity index (χ2n) is 4.76. The number of rotatable bonds is 7. The molecule has 120 valence electrons. The van der Waals surface area contributed by atoms with Gasteiger partial charge in [0.2, 0.25) is 11.8 Å². The Labute approximate surface area is 121 Å². The predicted molar refractivity (Wildman–Crippen MR) is 69.3 cm³/mol. The van der Waals surface area contributed by atoms with Crippen molar-refractivity contribution >= 4 is 17.8 Å². The summed E-state index contributed by atoms with van der Waals surface area (Å²) in [6.07, 6.45) is -2.70. The summed E-state index contributed by atoms with van der Waals surface area (Å²) in [6, 6.07) is 0. The van der Waals surface area contributed by atoms with Crippen LogP contribution in [0.1, 0.15) is 19.3 Å². The number of nitrogens with one attached hydrogen (secondary N) is 2. The van der Waals surface area contributed by atoms with Crippen LogP contribution >= 0.6 is 0 Å². The number of carbonyl (C=O) groups excluding carboxylic acids is 2. The Morgan fingerprint density at radius 3 is 2.48 bits per heavy atom. The van der Waals surface area contributed by atoms with Gasteiger partial charge in [0.05, 0.1) is 19.3 Å². The van der Waals surface area contributed by atoms with E-state index in [-0.39, 0.29) is 32.5 Å². The van der Waals surface area contributed by atoms with E-state index in [1.807, 2.05) is 0 Å². The van der Waals surface area contributed by atoms with Crippen LogP contribution in [-0.4, -0.2) is 71.1 Å². The van der Waals surface area contributed by atoms with Crippen LogP contribution in [0.2, 0.25) is 0 Å². The molecule has 2 amide bonds. The molecule has 21 heavy (non-hydrogen) atoms. The number of carboxylic acid groups (broad SMARTS) is 1. The molecule has 1 aliphatic heterocycles. The summed E-state index contributed by atoms with van der Waals surface area (Å²) >= 11 is 0. The van der Waals surface area contributed by atoms with E-state index in [1.165, 1.54) is 0 Å². The highest BCUT2D eigenvalue weighted by Crippen LogP contribution is 2.14. The minimum absolute atomic E-state index is 0.0345. The summed E-state index contributed by atoms with van der Waals surface area (Å²) in [5.41, 5.74) is 0. The zero-order chi connectivity index (χ0) is 15.8.